The average Bonchev–Trinajstić information content (AvgIpc) is 3.44. The fourth-order valence-corrected chi connectivity index (χ4v) is 5.12. The molecule has 182 valence electrons. The number of nitrogens with one attached hydrogen (secondary N) is 1. The molecule has 2 aromatic rings. The van der Waals surface area contributed by atoms with Gasteiger partial charge in [-0.3, -0.25) is 14.4 Å². The van der Waals surface area contributed by atoms with Crippen LogP contribution in [0.4, 0.5) is 0 Å². The molecule has 3 amide bonds. The fourth-order valence-electron chi connectivity index (χ4n) is 5.12. The van der Waals surface area contributed by atoms with Gasteiger partial charge >= 0.3 is 0 Å². The molecule has 0 bridgehead atoms. The molecule has 1 aliphatic carbocycles. The van der Waals surface area contributed by atoms with E-state index in [1.165, 1.54) is 27.2 Å². The minimum Gasteiger partial charge on any atom is -0.449 e. The van der Waals surface area contributed by atoms with Crippen LogP contribution in [0.5, 0.6) is 0 Å². The smallest absolute Gasteiger partial charge is 0.251 e. The van der Waals surface area contributed by atoms with Crippen molar-refractivity contribution in [3.63, 3.8) is 0 Å². The lowest BCUT2D eigenvalue weighted by molar-refractivity contribution is -0.159. The van der Waals surface area contributed by atoms with Gasteiger partial charge in [0.2, 0.25) is 11.8 Å². The first kappa shape index (κ1) is 24.0. The molecule has 2 heterocycles. The van der Waals surface area contributed by atoms with Crippen LogP contribution < -0.4 is 5.32 Å². The van der Waals surface area contributed by atoms with E-state index in [0.29, 0.717) is 37.3 Å². The monoisotopic (exact) mass is 466 g/mol. The number of likely N-dealkylation sites (N-methyl/N-ethyl adjacent to an activating group) is 1. The molecular formula is C26H34N4O4. The van der Waals surface area contributed by atoms with Gasteiger partial charge < -0.3 is 19.5 Å². The molecule has 1 aliphatic heterocycles. The van der Waals surface area contributed by atoms with Crippen molar-refractivity contribution in [2.24, 2.45) is 11.8 Å². The lowest BCUT2D eigenvalue weighted by atomic mass is 9.88. The molecule has 1 aromatic carbocycles. The van der Waals surface area contributed by atoms with Crippen LogP contribution >= 0.6 is 0 Å². The van der Waals surface area contributed by atoms with Gasteiger partial charge in [0.15, 0.2) is 11.9 Å². The Morgan fingerprint density at radius 1 is 1.21 bits per heavy atom. The van der Waals surface area contributed by atoms with Crippen molar-refractivity contribution in [3.05, 3.63) is 53.2 Å². The number of benzene rings is 1. The zero-order chi connectivity index (χ0) is 24.6. The molecule has 0 saturated carbocycles. The van der Waals surface area contributed by atoms with Crippen LogP contribution in [-0.4, -0.2) is 58.7 Å². The van der Waals surface area contributed by atoms with Crippen LogP contribution in [0.25, 0.3) is 0 Å². The highest BCUT2D eigenvalue weighted by Crippen LogP contribution is 2.35. The van der Waals surface area contributed by atoms with Crippen molar-refractivity contribution in [3.8, 4) is 0 Å². The molecule has 1 N–H and O–H groups in total. The molecule has 8 nitrogen and oxygen atoms in total. The first-order chi connectivity index (χ1) is 16.2. The second-order valence-corrected chi connectivity index (χ2v) is 9.97. The van der Waals surface area contributed by atoms with Gasteiger partial charge in [-0.25, -0.2) is 4.98 Å². The number of fused-ring (bicyclic) bond motifs is 1. The second-order valence-electron chi connectivity index (χ2n) is 9.97. The third-order valence-corrected chi connectivity index (χ3v) is 6.81. The zero-order valence-electron chi connectivity index (χ0n) is 20.6. The number of carbonyl (C=O) groups excluding carboxylic acids is 3. The lowest BCUT2D eigenvalue weighted by Gasteiger charge is -2.44. The predicted molar refractivity (Wildman–Crippen MR) is 127 cm³/mol. The lowest BCUT2D eigenvalue weighted by Crippen LogP contribution is -2.67. The SMILES string of the molecule is CCc1nc([C@H](C(=O)N(C)C)N2C(=O)[C@@H](C3Cc4ccccc4C3)NC(=O)[C@H]2CC(C)C)co1. The Morgan fingerprint density at radius 2 is 1.85 bits per heavy atom. The summed E-state index contributed by atoms with van der Waals surface area (Å²) >= 11 is 0. The van der Waals surface area contributed by atoms with Crippen molar-refractivity contribution in [2.45, 2.75) is 64.6 Å². The number of hydrogen-bond donors (Lipinski definition) is 1. The van der Waals surface area contributed by atoms with Gasteiger partial charge in [-0.2, -0.15) is 0 Å². The minimum absolute atomic E-state index is 0.0602. The quantitative estimate of drug-likeness (QED) is 0.677. The van der Waals surface area contributed by atoms with Gasteiger partial charge in [-0.05, 0) is 42.2 Å². The van der Waals surface area contributed by atoms with Crippen LogP contribution in [0.3, 0.4) is 0 Å². The molecule has 8 heteroatoms. The van der Waals surface area contributed by atoms with Gasteiger partial charge in [0.05, 0.1) is 0 Å². The molecule has 0 spiro atoms. The third kappa shape index (κ3) is 4.45. The topological polar surface area (TPSA) is 95.8 Å². The number of oxazole rings is 1. The van der Waals surface area contributed by atoms with E-state index in [9.17, 15) is 14.4 Å². The highest BCUT2D eigenvalue weighted by atomic mass is 16.3. The standard InChI is InChI=1S/C26H34N4O4/c1-6-21-27-19(14-34-21)23(26(33)29(4)5)30-20(11-15(2)3)24(31)28-22(25(30)32)18-12-16-9-7-8-10-17(16)13-18/h7-10,14-15,18,20,22-23H,6,11-13H2,1-5H3,(H,28,31)/t20-,22-,23-/m1/s1. The van der Waals surface area contributed by atoms with E-state index >= 15 is 0 Å². The summed E-state index contributed by atoms with van der Waals surface area (Å²) in [6, 6.07) is 5.66. The van der Waals surface area contributed by atoms with Gasteiger partial charge in [0.1, 0.15) is 24.0 Å². The number of piperazine rings is 1. The Bertz CT molecular complexity index is 1050. The van der Waals surface area contributed by atoms with Gasteiger partial charge in [0.25, 0.3) is 5.91 Å². The molecule has 34 heavy (non-hydrogen) atoms. The maximum absolute atomic E-state index is 14.1. The average molecular weight is 467 g/mol. The maximum atomic E-state index is 14.1. The number of carbonyl (C=O) groups is 3. The Morgan fingerprint density at radius 3 is 2.38 bits per heavy atom. The number of rotatable bonds is 7. The van der Waals surface area contributed by atoms with E-state index in [1.807, 2.05) is 32.9 Å². The summed E-state index contributed by atoms with van der Waals surface area (Å²) in [7, 11) is 3.29. The maximum Gasteiger partial charge on any atom is 0.251 e. The third-order valence-electron chi connectivity index (χ3n) is 6.81. The van der Waals surface area contributed by atoms with E-state index in [4.69, 9.17) is 4.42 Å². The Hall–Kier alpha value is -3.16. The fraction of sp³-hybridized carbons (Fsp3) is 0.538. The van der Waals surface area contributed by atoms with E-state index in [2.05, 4.69) is 22.4 Å². The first-order valence-corrected chi connectivity index (χ1v) is 12.1. The summed E-state index contributed by atoms with van der Waals surface area (Å²) in [5, 5.41) is 3.02. The highest BCUT2D eigenvalue weighted by Gasteiger charge is 2.50. The Labute approximate surface area is 200 Å². The summed E-state index contributed by atoms with van der Waals surface area (Å²) in [5.41, 5.74) is 2.77. The van der Waals surface area contributed by atoms with Crippen LogP contribution in [-0.2, 0) is 33.6 Å². The molecule has 1 fully saturated rings. The Balaban J connectivity index is 1.74. The van der Waals surface area contributed by atoms with Crippen LogP contribution in [0.2, 0.25) is 0 Å². The second kappa shape index (κ2) is 9.60. The molecular weight excluding hydrogens is 432 g/mol. The van der Waals surface area contributed by atoms with Crippen molar-refractivity contribution in [1.82, 2.24) is 20.1 Å². The molecule has 4 rings (SSSR count). The van der Waals surface area contributed by atoms with E-state index < -0.39 is 18.1 Å². The predicted octanol–water partition coefficient (Wildman–Crippen LogP) is 2.52. The van der Waals surface area contributed by atoms with Gasteiger partial charge in [-0.1, -0.05) is 45.0 Å². The van der Waals surface area contributed by atoms with Crippen molar-refractivity contribution in [1.29, 1.82) is 0 Å². The number of aryl methyl sites for hydroxylation is 1. The number of amides is 3. The highest BCUT2D eigenvalue weighted by molar-refractivity contribution is 6.00. The summed E-state index contributed by atoms with van der Waals surface area (Å²) in [6.45, 7) is 5.92. The molecule has 2 aliphatic rings. The molecule has 3 atom stereocenters. The number of aromatic nitrogens is 1. The number of nitrogens with zero attached hydrogens (tertiary/aromatic N) is 3. The molecule has 1 saturated heterocycles. The molecule has 0 unspecified atom stereocenters. The van der Waals surface area contributed by atoms with Crippen LogP contribution in [0, 0.1) is 11.8 Å². The minimum atomic E-state index is -1.02. The van der Waals surface area contributed by atoms with E-state index in [-0.39, 0.29) is 29.6 Å². The number of hydrogen-bond acceptors (Lipinski definition) is 5. The summed E-state index contributed by atoms with van der Waals surface area (Å²) < 4.78 is 5.54. The largest absolute Gasteiger partial charge is 0.449 e. The van der Waals surface area contributed by atoms with Crippen LogP contribution in [0.15, 0.2) is 34.9 Å². The molecule has 0 radical (unpaired) electrons. The van der Waals surface area contributed by atoms with Gasteiger partial charge in [0, 0.05) is 20.5 Å². The van der Waals surface area contributed by atoms with Crippen LogP contribution in [0.1, 0.15) is 55.9 Å². The van der Waals surface area contributed by atoms with Crippen molar-refractivity contribution in [2.75, 3.05) is 14.1 Å². The normalized spacial score (nSPS) is 21.5. The Kier molecular flexibility index (Phi) is 6.77. The first-order valence-electron chi connectivity index (χ1n) is 12.1. The van der Waals surface area contributed by atoms with Gasteiger partial charge in [-0.15, -0.1) is 0 Å². The molecule has 1 aromatic heterocycles. The van der Waals surface area contributed by atoms with E-state index in [1.54, 1.807) is 14.1 Å². The summed E-state index contributed by atoms with van der Waals surface area (Å²) in [5.74, 6) is -0.175. The van der Waals surface area contributed by atoms with E-state index in [0.717, 1.165) is 0 Å². The zero-order valence-corrected chi connectivity index (χ0v) is 20.6. The van der Waals surface area contributed by atoms with Crippen molar-refractivity contribution >= 4 is 17.7 Å². The summed E-state index contributed by atoms with van der Waals surface area (Å²) in [6.07, 6.45) is 3.88. The van der Waals surface area contributed by atoms with Crippen molar-refractivity contribution < 1.29 is 18.8 Å². The summed E-state index contributed by atoms with van der Waals surface area (Å²) in [4.78, 5) is 48.4.